The molecule has 100 valence electrons. The number of hydrogen-bond acceptors (Lipinski definition) is 3. The molecule has 1 aromatic rings. The Balaban J connectivity index is 3.00. The normalized spacial score (nSPS) is 13.3. The van der Waals surface area contributed by atoms with Crippen molar-refractivity contribution in [2.75, 3.05) is 0 Å². The number of hydrogen-bond donors (Lipinski definition) is 2. The summed E-state index contributed by atoms with van der Waals surface area (Å²) in [6.07, 6.45) is -0.322. The summed E-state index contributed by atoms with van der Waals surface area (Å²) in [5, 5.41) is 8.60. The SMILES string of the molecule is C[C@@H](CC(=O)O)NS(=O)(=O)c1cccc(Cl)c1Cl. The summed E-state index contributed by atoms with van der Waals surface area (Å²) in [6, 6.07) is 3.46. The fourth-order valence-corrected chi connectivity index (χ4v) is 3.33. The van der Waals surface area contributed by atoms with Crippen LogP contribution in [0.5, 0.6) is 0 Å². The fourth-order valence-electron chi connectivity index (χ4n) is 1.32. The Morgan fingerprint density at radius 1 is 1.44 bits per heavy atom. The molecule has 18 heavy (non-hydrogen) atoms. The first-order valence-corrected chi connectivity index (χ1v) is 7.16. The molecule has 0 spiro atoms. The molecule has 0 aliphatic carbocycles. The lowest BCUT2D eigenvalue weighted by molar-refractivity contribution is -0.137. The smallest absolute Gasteiger partial charge is 0.304 e. The highest BCUT2D eigenvalue weighted by Gasteiger charge is 2.22. The first kappa shape index (κ1) is 15.2. The number of halogens is 2. The van der Waals surface area contributed by atoms with Gasteiger partial charge in [-0.2, -0.15) is 0 Å². The average Bonchev–Trinajstić information content (AvgIpc) is 2.19. The standard InChI is InChI=1S/C10H11Cl2NO4S/c1-6(5-9(14)15)13-18(16,17)8-4-2-3-7(11)10(8)12/h2-4,6,13H,5H2,1H3,(H,14,15)/t6-/m0/s1. The van der Waals surface area contributed by atoms with Crippen LogP contribution in [0.4, 0.5) is 0 Å². The maximum atomic E-state index is 12.0. The Labute approximate surface area is 115 Å². The highest BCUT2D eigenvalue weighted by Crippen LogP contribution is 2.28. The lowest BCUT2D eigenvalue weighted by Gasteiger charge is -2.13. The second kappa shape index (κ2) is 5.88. The molecule has 0 unspecified atom stereocenters. The van der Waals surface area contributed by atoms with Crippen LogP contribution in [0.2, 0.25) is 10.0 Å². The summed E-state index contributed by atoms with van der Waals surface area (Å²) in [6.45, 7) is 1.45. The van der Waals surface area contributed by atoms with Crippen LogP contribution in [0.3, 0.4) is 0 Å². The summed E-state index contributed by atoms with van der Waals surface area (Å²) < 4.78 is 26.1. The number of benzene rings is 1. The maximum Gasteiger partial charge on any atom is 0.304 e. The molecule has 8 heteroatoms. The zero-order valence-corrected chi connectivity index (χ0v) is 11.7. The van der Waals surface area contributed by atoms with Gasteiger partial charge in [0.05, 0.1) is 16.5 Å². The Bertz CT molecular complexity index is 559. The van der Waals surface area contributed by atoms with E-state index in [9.17, 15) is 13.2 Å². The number of carboxylic acid groups (broad SMARTS) is 1. The van der Waals surface area contributed by atoms with Crippen LogP contribution in [0, 0.1) is 0 Å². The van der Waals surface area contributed by atoms with Gasteiger partial charge in [-0.1, -0.05) is 29.3 Å². The molecule has 0 saturated heterocycles. The van der Waals surface area contributed by atoms with Crippen LogP contribution in [-0.2, 0) is 14.8 Å². The molecule has 1 atom stereocenters. The van der Waals surface area contributed by atoms with Gasteiger partial charge in [0.25, 0.3) is 0 Å². The van der Waals surface area contributed by atoms with Gasteiger partial charge in [-0.05, 0) is 19.1 Å². The van der Waals surface area contributed by atoms with Gasteiger partial charge >= 0.3 is 5.97 Å². The van der Waals surface area contributed by atoms with E-state index in [4.69, 9.17) is 28.3 Å². The molecule has 0 fully saturated rings. The van der Waals surface area contributed by atoms with E-state index in [0.717, 1.165) is 0 Å². The summed E-state index contributed by atoms with van der Waals surface area (Å²) >= 11 is 11.5. The second-order valence-corrected chi connectivity index (χ2v) is 6.14. The summed E-state index contributed by atoms with van der Waals surface area (Å²) in [4.78, 5) is 10.3. The van der Waals surface area contributed by atoms with Crippen molar-refractivity contribution < 1.29 is 18.3 Å². The number of carboxylic acids is 1. The number of sulfonamides is 1. The summed E-state index contributed by atoms with van der Waals surface area (Å²) in [7, 11) is -3.89. The van der Waals surface area contributed by atoms with Crippen molar-refractivity contribution in [3.8, 4) is 0 Å². The zero-order chi connectivity index (χ0) is 13.9. The minimum atomic E-state index is -3.89. The number of carbonyl (C=O) groups is 1. The minimum Gasteiger partial charge on any atom is -0.481 e. The first-order chi connectivity index (χ1) is 8.24. The average molecular weight is 312 g/mol. The molecule has 0 aromatic heterocycles. The van der Waals surface area contributed by atoms with Crippen LogP contribution in [-0.4, -0.2) is 25.5 Å². The van der Waals surface area contributed by atoms with E-state index in [2.05, 4.69) is 4.72 Å². The van der Waals surface area contributed by atoms with Crippen molar-refractivity contribution in [1.82, 2.24) is 4.72 Å². The van der Waals surface area contributed by atoms with Crippen LogP contribution in [0.25, 0.3) is 0 Å². The Morgan fingerprint density at radius 2 is 2.06 bits per heavy atom. The minimum absolute atomic E-state index is 0.0887. The highest BCUT2D eigenvalue weighted by molar-refractivity contribution is 7.89. The summed E-state index contributed by atoms with van der Waals surface area (Å²) in [5.41, 5.74) is 0. The van der Waals surface area contributed by atoms with Gasteiger partial charge in [0, 0.05) is 6.04 Å². The molecule has 0 saturated carbocycles. The molecule has 0 radical (unpaired) electrons. The van der Waals surface area contributed by atoms with Crippen LogP contribution < -0.4 is 4.72 Å². The van der Waals surface area contributed by atoms with E-state index < -0.39 is 22.0 Å². The second-order valence-electron chi connectivity index (χ2n) is 3.67. The molecule has 2 N–H and O–H groups in total. The lowest BCUT2D eigenvalue weighted by atomic mass is 10.3. The third-order valence-corrected chi connectivity index (χ3v) is 4.61. The monoisotopic (exact) mass is 311 g/mol. The number of aliphatic carboxylic acids is 1. The third-order valence-electron chi connectivity index (χ3n) is 2.04. The maximum absolute atomic E-state index is 12.0. The Morgan fingerprint density at radius 3 is 2.61 bits per heavy atom. The Kier molecular flexibility index (Phi) is 4.98. The molecule has 5 nitrogen and oxygen atoms in total. The molecular weight excluding hydrogens is 301 g/mol. The van der Waals surface area contributed by atoms with E-state index in [0.29, 0.717) is 0 Å². The van der Waals surface area contributed by atoms with E-state index >= 15 is 0 Å². The Hall–Kier alpha value is -0.820. The van der Waals surface area contributed by atoms with Gasteiger partial charge < -0.3 is 5.11 Å². The van der Waals surface area contributed by atoms with Crippen molar-refractivity contribution in [3.63, 3.8) is 0 Å². The molecule has 0 aliphatic heterocycles. The van der Waals surface area contributed by atoms with Crippen LogP contribution in [0.15, 0.2) is 23.1 Å². The molecule has 0 amide bonds. The topological polar surface area (TPSA) is 83.5 Å². The van der Waals surface area contributed by atoms with E-state index in [1.807, 2.05) is 0 Å². The van der Waals surface area contributed by atoms with Gasteiger partial charge in [-0.15, -0.1) is 0 Å². The third kappa shape index (κ3) is 3.84. The van der Waals surface area contributed by atoms with Crippen molar-refractivity contribution in [2.24, 2.45) is 0 Å². The molecule has 0 bridgehead atoms. The van der Waals surface area contributed by atoms with Gasteiger partial charge in [0.15, 0.2) is 0 Å². The molecule has 0 heterocycles. The number of rotatable bonds is 5. The van der Waals surface area contributed by atoms with Crippen LogP contribution in [0.1, 0.15) is 13.3 Å². The van der Waals surface area contributed by atoms with Gasteiger partial charge in [-0.3, -0.25) is 4.79 Å². The van der Waals surface area contributed by atoms with E-state index in [-0.39, 0.29) is 21.4 Å². The molecular formula is C10H11Cl2NO4S. The van der Waals surface area contributed by atoms with Crippen molar-refractivity contribution in [2.45, 2.75) is 24.3 Å². The molecule has 1 aromatic carbocycles. The first-order valence-electron chi connectivity index (χ1n) is 4.92. The lowest BCUT2D eigenvalue weighted by Crippen LogP contribution is -2.34. The number of nitrogens with one attached hydrogen (secondary N) is 1. The summed E-state index contributed by atoms with van der Waals surface area (Å²) in [5.74, 6) is -1.10. The predicted octanol–water partition coefficient (Wildman–Crippen LogP) is 2.13. The quantitative estimate of drug-likeness (QED) is 0.872. The van der Waals surface area contributed by atoms with Gasteiger partial charge in [-0.25, -0.2) is 13.1 Å². The van der Waals surface area contributed by atoms with E-state index in [1.54, 1.807) is 0 Å². The largest absolute Gasteiger partial charge is 0.481 e. The van der Waals surface area contributed by atoms with Crippen LogP contribution >= 0.6 is 23.2 Å². The van der Waals surface area contributed by atoms with Crippen molar-refractivity contribution in [1.29, 1.82) is 0 Å². The molecule has 0 aliphatic rings. The van der Waals surface area contributed by atoms with Gasteiger partial charge in [0.1, 0.15) is 4.90 Å². The zero-order valence-electron chi connectivity index (χ0n) is 9.35. The molecule has 1 rings (SSSR count). The van der Waals surface area contributed by atoms with Crippen molar-refractivity contribution in [3.05, 3.63) is 28.2 Å². The highest BCUT2D eigenvalue weighted by atomic mass is 35.5. The fraction of sp³-hybridized carbons (Fsp3) is 0.300. The van der Waals surface area contributed by atoms with Crippen molar-refractivity contribution >= 4 is 39.2 Å². The predicted molar refractivity (Wildman–Crippen MR) is 68.5 cm³/mol. The van der Waals surface area contributed by atoms with E-state index in [1.165, 1.54) is 25.1 Å². The van der Waals surface area contributed by atoms with Gasteiger partial charge in [0.2, 0.25) is 10.0 Å².